The summed E-state index contributed by atoms with van der Waals surface area (Å²) in [6.45, 7) is 3.95. The lowest BCUT2D eigenvalue weighted by atomic mass is 9.74. The molecule has 2 aromatic carbocycles. The van der Waals surface area contributed by atoms with Gasteiger partial charge in [-0.3, -0.25) is 0 Å². The molecule has 0 radical (unpaired) electrons. The summed E-state index contributed by atoms with van der Waals surface area (Å²) < 4.78 is 20.6. The van der Waals surface area contributed by atoms with Gasteiger partial charge in [0.15, 0.2) is 11.6 Å². The molecule has 7 heteroatoms. The number of nitrogens with one attached hydrogen (secondary N) is 1. The number of hydrogen-bond acceptors (Lipinski definition) is 6. The van der Waals surface area contributed by atoms with E-state index in [-0.39, 0.29) is 5.82 Å². The first-order chi connectivity index (χ1) is 15.6. The molecule has 1 spiro atoms. The van der Waals surface area contributed by atoms with Crippen LogP contribution in [0.15, 0.2) is 48.9 Å². The second-order valence-corrected chi connectivity index (χ2v) is 9.10. The molecule has 6 rings (SSSR count). The number of nitrogens with zero attached hydrogens (tertiary/aromatic N) is 4. The van der Waals surface area contributed by atoms with Gasteiger partial charge in [0, 0.05) is 37.2 Å². The molecule has 0 bridgehead atoms. The Morgan fingerprint density at radius 2 is 1.94 bits per heavy atom. The predicted molar refractivity (Wildman–Crippen MR) is 118 cm³/mol. The van der Waals surface area contributed by atoms with Crippen molar-refractivity contribution in [3.63, 3.8) is 0 Å². The number of hydrogen-bond donors (Lipinski definition) is 1. The van der Waals surface area contributed by atoms with E-state index in [1.165, 1.54) is 18.5 Å². The SMILES string of the molecule is N#Cc1ccc(-c2cc(F)ccc2Oc2cncnc2N2CC3(CNC3)C2)c(C2CC2)c1. The van der Waals surface area contributed by atoms with Gasteiger partial charge in [0.25, 0.3) is 0 Å². The summed E-state index contributed by atoms with van der Waals surface area (Å²) in [5, 5.41) is 12.7. The Hall–Kier alpha value is -3.50. The highest BCUT2D eigenvalue weighted by Gasteiger charge is 2.48. The normalized spacial score (nSPS) is 18.6. The molecule has 3 heterocycles. The summed E-state index contributed by atoms with van der Waals surface area (Å²) in [6, 6.07) is 12.4. The zero-order valence-corrected chi connectivity index (χ0v) is 17.5. The average Bonchev–Trinajstić information content (AvgIpc) is 3.59. The van der Waals surface area contributed by atoms with Crippen molar-refractivity contribution in [2.75, 3.05) is 31.1 Å². The molecule has 3 fully saturated rings. The predicted octanol–water partition coefficient (Wildman–Crippen LogP) is 4.23. The highest BCUT2D eigenvalue weighted by molar-refractivity contribution is 5.76. The van der Waals surface area contributed by atoms with Crippen molar-refractivity contribution in [2.45, 2.75) is 18.8 Å². The van der Waals surface area contributed by atoms with E-state index in [9.17, 15) is 9.65 Å². The molecular formula is C25H22FN5O. The number of rotatable bonds is 5. The first kappa shape index (κ1) is 19.2. The van der Waals surface area contributed by atoms with E-state index in [0.29, 0.717) is 34.0 Å². The van der Waals surface area contributed by atoms with Crippen LogP contribution in [-0.4, -0.2) is 36.1 Å². The Morgan fingerprint density at radius 3 is 2.66 bits per heavy atom. The topological polar surface area (TPSA) is 74.1 Å². The summed E-state index contributed by atoms with van der Waals surface area (Å²) >= 11 is 0. The van der Waals surface area contributed by atoms with Crippen LogP contribution in [0.4, 0.5) is 10.2 Å². The zero-order chi connectivity index (χ0) is 21.7. The van der Waals surface area contributed by atoms with Crippen LogP contribution >= 0.6 is 0 Å². The summed E-state index contributed by atoms with van der Waals surface area (Å²) in [7, 11) is 0. The van der Waals surface area contributed by atoms with E-state index >= 15 is 0 Å². The Kier molecular flexibility index (Phi) is 4.37. The summed E-state index contributed by atoms with van der Waals surface area (Å²) in [5.74, 6) is 1.94. The number of ether oxygens (including phenoxy) is 1. The number of halogens is 1. The monoisotopic (exact) mass is 427 g/mol. The average molecular weight is 427 g/mol. The van der Waals surface area contributed by atoms with Crippen LogP contribution in [0.1, 0.15) is 29.9 Å². The van der Waals surface area contributed by atoms with Crippen molar-refractivity contribution in [1.29, 1.82) is 5.26 Å². The highest BCUT2D eigenvalue weighted by Crippen LogP contribution is 2.47. The van der Waals surface area contributed by atoms with Crippen molar-refractivity contribution in [1.82, 2.24) is 15.3 Å². The fourth-order valence-electron chi connectivity index (χ4n) is 4.77. The lowest BCUT2D eigenvalue weighted by molar-refractivity contribution is 0.120. The van der Waals surface area contributed by atoms with E-state index in [4.69, 9.17) is 4.74 Å². The third-order valence-electron chi connectivity index (χ3n) is 6.66. The largest absolute Gasteiger partial charge is 0.451 e. The maximum absolute atomic E-state index is 14.3. The molecule has 6 nitrogen and oxygen atoms in total. The van der Waals surface area contributed by atoms with Gasteiger partial charge >= 0.3 is 0 Å². The molecule has 0 amide bonds. The molecule has 1 N–H and O–H groups in total. The van der Waals surface area contributed by atoms with Crippen molar-refractivity contribution in [2.24, 2.45) is 5.41 Å². The Balaban J connectivity index is 1.37. The van der Waals surface area contributed by atoms with Gasteiger partial charge in [-0.1, -0.05) is 6.07 Å². The van der Waals surface area contributed by atoms with Gasteiger partial charge in [-0.25, -0.2) is 14.4 Å². The van der Waals surface area contributed by atoms with Gasteiger partial charge < -0.3 is 15.0 Å². The van der Waals surface area contributed by atoms with Crippen LogP contribution in [0, 0.1) is 22.6 Å². The van der Waals surface area contributed by atoms with Gasteiger partial charge in [0.2, 0.25) is 0 Å². The first-order valence-electron chi connectivity index (χ1n) is 10.9. The molecular weight excluding hydrogens is 405 g/mol. The summed E-state index contributed by atoms with van der Waals surface area (Å²) in [5.41, 5.74) is 3.62. The molecule has 2 saturated heterocycles. The molecule has 0 unspecified atom stereocenters. The molecule has 160 valence electrons. The van der Waals surface area contributed by atoms with Crippen molar-refractivity contribution in [3.05, 3.63) is 65.9 Å². The maximum atomic E-state index is 14.3. The molecule has 1 saturated carbocycles. The van der Waals surface area contributed by atoms with Gasteiger partial charge in [0.1, 0.15) is 17.9 Å². The summed E-state index contributed by atoms with van der Waals surface area (Å²) in [4.78, 5) is 10.9. The highest BCUT2D eigenvalue weighted by atomic mass is 19.1. The molecule has 2 aliphatic heterocycles. The Bertz CT molecular complexity index is 1240. The Morgan fingerprint density at radius 1 is 1.09 bits per heavy atom. The number of benzene rings is 2. The van der Waals surface area contributed by atoms with E-state index in [0.717, 1.165) is 56.0 Å². The Labute approximate surface area is 185 Å². The minimum Gasteiger partial charge on any atom is -0.451 e. The van der Waals surface area contributed by atoms with Crippen LogP contribution in [0.25, 0.3) is 11.1 Å². The minimum atomic E-state index is -0.329. The maximum Gasteiger partial charge on any atom is 0.188 e. The van der Waals surface area contributed by atoms with Gasteiger partial charge in [0.05, 0.1) is 17.8 Å². The standard InChI is InChI=1S/C25H22FN5O/c26-18-4-6-22(21(8-18)19-5-1-16(9-27)7-20(19)17-2-3-17)32-23-10-28-15-30-24(23)31-13-25(14-31)11-29-12-25/h1,4-8,10,15,17,29H,2-3,11-14H2. The zero-order valence-electron chi connectivity index (χ0n) is 17.5. The number of aromatic nitrogens is 2. The second kappa shape index (κ2) is 7.28. The van der Waals surface area contributed by atoms with Crippen molar-refractivity contribution < 1.29 is 9.13 Å². The van der Waals surface area contributed by atoms with Gasteiger partial charge in [-0.05, 0) is 60.2 Å². The number of nitriles is 1. The van der Waals surface area contributed by atoms with Crippen LogP contribution < -0.4 is 15.0 Å². The third kappa shape index (κ3) is 3.28. The molecule has 32 heavy (non-hydrogen) atoms. The molecule has 1 aromatic heterocycles. The van der Waals surface area contributed by atoms with Crippen molar-refractivity contribution in [3.8, 4) is 28.7 Å². The van der Waals surface area contributed by atoms with Crippen LogP contribution in [0.2, 0.25) is 0 Å². The van der Waals surface area contributed by atoms with E-state index < -0.39 is 0 Å². The lowest BCUT2D eigenvalue weighted by Crippen LogP contribution is -2.71. The summed E-state index contributed by atoms with van der Waals surface area (Å²) in [6.07, 6.45) is 5.36. The van der Waals surface area contributed by atoms with E-state index in [2.05, 4.69) is 26.3 Å². The van der Waals surface area contributed by atoms with Gasteiger partial charge in [-0.15, -0.1) is 0 Å². The van der Waals surface area contributed by atoms with E-state index in [1.54, 1.807) is 18.3 Å². The van der Waals surface area contributed by atoms with E-state index in [1.807, 2.05) is 12.1 Å². The molecule has 3 aromatic rings. The molecule has 0 atom stereocenters. The second-order valence-electron chi connectivity index (χ2n) is 9.10. The van der Waals surface area contributed by atoms with Crippen LogP contribution in [0.5, 0.6) is 11.5 Å². The molecule has 1 aliphatic carbocycles. The fourth-order valence-corrected chi connectivity index (χ4v) is 4.77. The van der Waals surface area contributed by atoms with Crippen molar-refractivity contribution >= 4 is 5.82 Å². The van der Waals surface area contributed by atoms with Crippen LogP contribution in [-0.2, 0) is 0 Å². The third-order valence-corrected chi connectivity index (χ3v) is 6.66. The first-order valence-corrected chi connectivity index (χ1v) is 10.9. The lowest BCUT2D eigenvalue weighted by Gasteiger charge is -2.56. The molecule has 3 aliphatic rings. The van der Waals surface area contributed by atoms with Crippen LogP contribution in [0.3, 0.4) is 0 Å². The smallest absolute Gasteiger partial charge is 0.188 e. The number of anilines is 1. The van der Waals surface area contributed by atoms with Gasteiger partial charge in [-0.2, -0.15) is 5.26 Å². The quantitative estimate of drug-likeness (QED) is 0.657. The minimum absolute atomic E-state index is 0.329. The fraction of sp³-hybridized carbons (Fsp3) is 0.320.